The van der Waals surface area contributed by atoms with Crippen LogP contribution < -0.4 is 0 Å². The van der Waals surface area contributed by atoms with Crippen molar-refractivity contribution in [1.82, 2.24) is 39.7 Å². The number of rotatable bonds is 12. The van der Waals surface area contributed by atoms with Gasteiger partial charge >= 0.3 is 0 Å². The number of tetrazole rings is 1. The predicted octanol–water partition coefficient (Wildman–Crippen LogP) is 8.89. The zero-order chi connectivity index (χ0) is 35.2. The van der Waals surface area contributed by atoms with E-state index in [2.05, 4.69) is 159 Å². The van der Waals surface area contributed by atoms with Crippen molar-refractivity contribution in [3.63, 3.8) is 0 Å². The Hall–Kier alpha value is -6.54. The van der Waals surface area contributed by atoms with E-state index in [4.69, 9.17) is 10.2 Å². The molecule has 52 heavy (non-hydrogen) atoms. The lowest BCUT2D eigenvalue weighted by Crippen LogP contribution is -2.39. The molecule has 0 saturated heterocycles. The molecule has 8 nitrogen and oxygen atoms in total. The molecule has 0 amide bonds. The summed E-state index contributed by atoms with van der Waals surface area (Å²) in [7, 11) is 0. The summed E-state index contributed by atoms with van der Waals surface area (Å²) in [4.78, 5) is 13.7. The van der Waals surface area contributed by atoms with E-state index < -0.39 is 5.54 Å². The molecule has 3 aromatic heterocycles. The van der Waals surface area contributed by atoms with Gasteiger partial charge in [-0.2, -0.15) is 0 Å². The lowest BCUT2D eigenvalue weighted by molar-refractivity contribution is 0.451. The van der Waals surface area contributed by atoms with Crippen molar-refractivity contribution < 1.29 is 0 Å². The fourth-order valence-electron chi connectivity index (χ4n) is 6.97. The van der Waals surface area contributed by atoms with E-state index in [9.17, 15) is 0 Å². The summed E-state index contributed by atoms with van der Waals surface area (Å²) in [6.07, 6.45) is 8.70. The van der Waals surface area contributed by atoms with Crippen molar-refractivity contribution >= 4 is 0 Å². The molecule has 0 N–H and O–H groups in total. The quantitative estimate of drug-likeness (QED) is 0.120. The standard InChI is InChI=1S/C44H38N8/c1-2-3-20-41-47-40(42-45-29-13-30-46-42)32-51(41)31-33-21-23-34(24-22-33)35-25-27-36(28-26-35)43-48-49-50-52(43)44(37-14-7-4-8-15-37,38-16-9-5-10-17-38)39-18-11-6-12-19-39/h4-19,21-30,32H,2-3,20,31H2,1H3. The van der Waals surface area contributed by atoms with Crippen LogP contribution in [0, 0.1) is 0 Å². The summed E-state index contributed by atoms with van der Waals surface area (Å²) < 4.78 is 4.20. The fraction of sp³-hybridized carbons (Fsp3) is 0.136. The van der Waals surface area contributed by atoms with Gasteiger partial charge in [0.25, 0.3) is 0 Å². The minimum atomic E-state index is -0.808. The van der Waals surface area contributed by atoms with E-state index in [1.54, 1.807) is 12.4 Å². The SMILES string of the molecule is CCCCc1nc(-c2ncccn2)cn1Cc1ccc(-c2ccc(-c3nnnn3C(c3ccccc3)(c3ccccc3)c3ccccc3)cc2)cc1. The summed E-state index contributed by atoms with van der Waals surface area (Å²) in [5.74, 6) is 2.39. The number of aryl methyl sites for hydroxylation is 1. The first-order chi connectivity index (χ1) is 25.7. The number of nitrogens with zero attached hydrogens (tertiary/aromatic N) is 8. The van der Waals surface area contributed by atoms with E-state index in [-0.39, 0.29) is 0 Å². The molecule has 0 aliphatic heterocycles. The van der Waals surface area contributed by atoms with Gasteiger partial charge in [-0.1, -0.05) is 153 Å². The van der Waals surface area contributed by atoms with Crippen LogP contribution in [0.1, 0.15) is 47.8 Å². The molecule has 0 atom stereocenters. The van der Waals surface area contributed by atoms with E-state index in [1.165, 1.54) is 5.56 Å². The number of benzene rings is 5. The fourth-order valence-corrected chi connectivity index (χ4v) is 6.97. The summed E-state index contributed by atoms with van der Waals surface area (Å²) >= 11 is 0. The second-order valence-corrected chi connectivity index (χ2v) is 12.8. The van der Waals surface area contributed by atoms with E-state index >= 15 is 0 Å². The molecule has 254 valence electrons. The van der Waals surface area contributed by atoms with Gasteiger partial charge in [0, 0.05) is 37.1 Å². The lowest BCUT2D eigenvalue weighted by atomic mass is 9.77. The van der Waals surface area contributed by atoms with Crippen LogP contribution >= 0.6 is 0 Å². The van der Waals surface area contributed by atoms with Gasteiger partial charge in [0.15, 0.2) is 11.6 Å². The number of imidazole rings is 1. The van der Waals surface area contributed by atoms with Crippen LogP contribution in [0.5, 0.6) is 0 Å². The zero-order valence-electron chi connectivity index (χ0n) is 29.0. The third-order valence-corrected chi connectivity index (χ3v) is 9.55. The normalized spacial score (nSPS) is 11.5. The van der Waals surface area contributed by atoms with Crippen molar-refractivity contribution in [3.8, 4) is 34.0 Å². The van der Waals surface area contributed by atoms with Gasteiger partial charge < -0.3 is 4.57 Å². The Morgan fingerprint density at radius 3 is 1.69 bits per heavy atom. The highest BCUT2D eigenvalue weighted by molar-refractivity contribution is 5.68. The number of unbranched alkanes of at least 4 members (excludes halogenated alkanes) is 1. The molecule has 0 fully saturated rings. The van der Waals surface area contributed by atoms with Gasteiger partial charge in [0.2, 0.25) is 0 Å². The Labute approximate surface area is 303 Å². The van der Waals surface area contributed by atoms with Crippen LogP contribution in [0.4, 0.5) is 0 Å². The van der Waals surface area contributed by atoms with Crippen LogP contribution in [-0.2, 0) is 18.5 Å². The monoisotopic (exact) mass is 678 g/mol. The second-order valence-electron chi connectivity index (χ2n) is 12.8. The zero-order valence-corrected chi connectivity index (χ0v) is 29.0. The maximum atomic E-state index is 4.90. The molecule has 0 spiro atoms. The number of hydrogen-bond acceptors (Lipinski definition) is 6. The first-order valence-electron chi connectivity index (χ1n) is 17.7. The van der Waals surface area contributed by atoms with Gasteiger partial charge in [-0.05, 0) is 56.3 Å². The van der Waals surface area contributed by atoms with Crippen molar-refractivity contribution in [3.05, 3.63) is 192 Å². The topological polar surface area (TPSA) is 87.2 Å². The van der Waals surface area contributed by atoms with Gasteiger partial charge in [0.05, 0.1) is 0 Å². The lowest BCUT2D eigenvalue weighted by Gasteiger charge is -2.36. The Balaban J connectivity index is 1.10. The third-order valence-electron chi connectivity index (χ3n) is 9.55. The van der Waals surface area contributed by atoms with Gasteiger partial charge in [0.1, 0.15) is 17.1 Å². The minimum Gasteiger partial charge on any atom is -0.330 e. The molecule has 5 aromatic carbocycles. The number of aromatic nitrogens is 8. The molecule has 8 heteroatoms. The molecule has 0 radical (unpaired) electrons. The second kappa shape index (κ2) is 14.7. The molecule has 0 saturated carbocycles. The van der Waals surface area contributed by atoms with Crippen molar-refractivity contribution in [2.24, 2.45) is 0 Å². The maximum Gasteiger partial charge on any atom is 0.183 e. The highest BCUT2D eigenvalue weighted by Crippen LogP contribution is 2.42. The Morgan fingerprint density at radius 2 is 1.13 bits per heavy atom. The van der Waals surface area contributed by atoms with Crippen LogP contribution in [-0.4, -0.2) is 39.7 Å². The van der Waals surface area contributed by atoms with Gasteiger partial charge in [-0.25, -0.2) is 19.6 Å². The van der Waals surface area contributed by atoms with Gasteiger partial charge in [-0.15, -0.1) is 5.10 Å². The average molecular weight is 679 g/mol. The molecule has 8 rings (SSSR count). The maximum absolute atomic E-state index is 4.90. The summed E-state index contributed by atoms with van der Waals surface area (Å²) in [6.45, 7) is 2.93. The summed E-state index contributed by atoms with van der Waals surface area (Å²) in [5.41, 5.74) is 7.58. The molecular weight excluding hydrogens is 641 g/mol. The van der Waals surface area contributed by atoms with Crippen molar-refractivity contribution in [2.75, 3.05) is 0 Å². The summed E-state index contributed by atoms with van der Waals surface area (Å²) in [5, 5.41) is 13.6. The first kappa shape index (κ1) is 32.7. The smallest absolute Gasteiger partial charge is 0.183 e. The predicted molar refractivity (Wildman–Crippen MR) is 204 cm³/mol. The van der Waals surface area contributed by atoms with E-state index in [0.29, 0.717) is 11.6 Å². The van der Waals surface area contributed by atoms with Crippen LogP contribution in [0.25, 0.3) is 34.0 Å². The van der Waals surface area contributed by atoms with Crippen molar-refractivity contribution in [1.29, 1.82) is 0 Å². The Bertz CT molecular complexity index is 2240. The molecule has 0 aliphatic carbocycles. The van der Waals surface area contributed by atoms with Crippen LogP contribution in [0.15, 0.2) is 164 Å². The molecular formula is C44H38N8. The summed E-state index contributed by atoms with van der Waals surface area (Å²) in [6, 6.07) is 50.5. The molecule has 0 aliphatic rings. The van der Waals surface area contributed by atoms with E-state index in [1.807, 2.05) is 28.9 Å². The van der Waals surface area contributed by atoms with E-state index in [0.717, 1.165) is 70.7 Å². The van der Waals surface area contributed by atoms with Crippen LogP contribution in [0.3, 0.4) is 0 Å². The molecule has 0 unspecified atom stereocenters. The average Bonchev–Trinajstić information content (AvgIpc) is 3.87. The highest BCUT2D eigenvalue weighted by Gasteiger charge is 2.41. The van der Waals surface area contributed by atoms with Crippen LogP contribution in [0.2, 0.25) is 0 Å². The highest BCUT2D eigenvalue weighted by atomic mass is 15.6. The minimum absolute atomic E-state index is 0.651. The first-order valence-corrected chi connectivity index (χ1v) is 17.7. The van der Waals surface area contributed by atoms with Crippen molar-refractivity contribution in [2.45, 2.75) is 38.3 Å². The molecule has 0 bridgehead atoms. The Kier molecular flexibility index (Phi) is 9.26. The largest absolute Gasteiger partial charge is 0.330 e. The van der Waals surface area contributed by atoms with Gasteiger partial charge in [-0.3, -0.25) is 0 Å². The Morgan fingerprint density at radius 1 is 0.596 bits per heavy atom. The third kappa shape index (κ3) is 6.31. The molecule has 3 heterocycles. The number of hydrogen-bond donors (Lipinski definition) is 0. The molecule has 8 aromatic rings.